The first kappa shape index (κ1) is 15.2. The number of benzene rings is 1. The average molecular weight is 292 g/mol. The normalized spacial score (nSPS) is 14.0. The van der Waals surface area contributed by atoms with Crippen molar-refractivity contribution in [2.75, 3.05) is 30.4 Å². The molecule has 0 atom stereocenters. The van der Waals surface area contributed by atoms with E-state index < -0.39 is 17.7 Å². The predicted molar refractivity (Wildman–Crippen MR) is 79.9 cm³/mol. The summed E-state index contributed by atoms with van der Waals surface area (Å²) in [6, 6.07) is 5.06. The number of fused-ring (bicyclic) bond motifs is 1. The molecule has 1 heterocycles. The topological polar surface area (TPSA) is 67.9 Å². The van der Waals surface area contributed by atoms with Crippen LogP contribution in [0, 0.1) is 0 Å². The van der Waals surface area contributed by atoms with Gasteiger partial charge in [0.05, 0.1) is 24.0 Å². The van der Waals surface area contributed by atoms with Gasteiger partial charge in [-0.15, -0.1) is 0 Å². The van der Waals surface area contributed by atoms with E-state index in [-0.39, 0.29) is 0 Å². The number of nitrogens with one attached hydrogen (secondary N) is 1. The van der Waals surface area contributed by atoms with E-state index in [2.05, 4.69) is 5.32 Å². The zero-order valence-corrected chi connectivity index (χ0v) is 12.7. The van der Waals surface area contributed by atoms with Crippen LogP contribution in [-0.2, 0) is 9.47 Å². The lowest BCUT2D eigenvalue weighted by molar-refractivity contribution is 0.0573. The molecule has 1 amide bonds. The smallest absolute Gasteiger partial charge is 0.414 e. The Kier molecular flexibility index (Phi) is 4.06. The number of ether oxygens (including phenoxy) is 2. The van der Waals surface area contributed by atoms with Crippen LogP contribution >= 0.6 is 0 Å². The van der Waals surface area contributed by atoms with Gasteiger partial charge < -0.3 is 14.8 Å². The van der Waals surface area contributed by atoms with Crippen LogP contribution in [0.25, 0.3) is 0 Å². The van der Waals surface area contributed by atoms with Crippen molar-refractivity contribution in [2.45, 2.75) is 26.4 Å². The van der Waals surface area contributed by atoms with Gasteiger partial charge in [0.1, 0.15) is 5.60 Å². The van der Waals surface area contributed by atoms with Gasteiger partial charge in [0, 0.05) is 13.1 Å². The standard InChI is InChI=1S/C15H20N2O4/c1-15(2,3)21-14(19)17-8-7-16-11-6-5-10(9-12(11)17)13(18)20-4/h5-6,9,16H,7-8H2,1-4H3. The van der Waals surface area contributed by atoms with E-state index >= 15 is 0 Å². The Morgan fingerprint density at radius 2 is 2.00 bits per heavy atom. The van der Waals surface area contributed by atoms with Crippen molar-refractivity contribution in [3.05, 3.63) is 23.8 Å². The molecule has 0 radical (unpaired) electrons. The first-order valence-corrected chi connectivity index (χ1v) is 6.78. The Morgan fingerprint density at radius 1 is 1.29 bits per heavy atom. The highest BCUT2D eigenvalue weighted by Crippen LogP contribution is 2.31. The number of esters is 1. The molecular formula is C15H20N2O4. The maximum Gasteiger partial charge on any atom is 0.414 e. The number of rotatable bonds is 1. The van der Waals surface area contributed by atoms with Crippen molar-refractivity contribution in [3.63, 3.8) is 0 Å². The molecule has 0 saturated carbocycles. The minimum absolute atomic E-state index is 0.397. The third-order valence-electron chi connectivity index (χ3n) is 2.97. The Labute approximate surface area is 124 Å². The van der Waals surface area contributed by atoms with Gasteiger partial charge in [-0.2, -0.15) is 0 Å². The molecule has 0 unspecified atom stereocenters. The zero-order valence-electron chi connectivity index (χ0n) is 12.7. The summed E-state index contributed by atoms with van der Waals surface area (Å²) in [7, 11) is 1.33. The number of carbonyl (C=O) groups excluding carboxylic acids is 2. The highest BCUT2D eigenvalue weighted by Gasteiger charge is 2.28. The van der Waals surface area contributed by atoms with Crippen LogP contribution in [0.4, 0.5) is 16.2 Å². The van der Waals surface area contributed by atoms with Crippen LogP contribution in [0.2, 0.25) is 0 Å². The van der Waals surface area contributed by atoms with Crippen molar-refractivity contribution in [3.8, 4) is 0 Å². The molecule has 1 aliphatic rings. The van der Waals surface area contributed by atoms with E-state index in [0.29, 0.717) is 24.3 Å². The average Bonchev–Trinajstić information content (AvgIpc) is 2.43. The molecule has 0 saturated heterocycles. The monoisotopic (exact) mass is 292 g/mol. The Bertz CT molecular complexity index is 563. The lowest BCUT2D eigenvalue weighted by Crippen LogP contribution is -2.42. The summed E-state index contributed by atoms with van der Waals surface area (Å²) in [5, 5.41) is 3.19. The van der Waals surface area contributed by atoms with Crippen molar-refractivity contribution in [2.24, 2.45) is 0 Å². The number of amides is 1. The molecule has 0 fully saturated rings. The number of hydrogen-bond acceptors (Lipinski definition) is 5. The molecule has 0 aliphatic carbocycles. The summed E-state index contributed by atoms with van der Waals surface area (Å²) in [4.78, 5) is 25.4. The van der Waals surface area contributed by atoms with Crippen LogP contribution in [0.1, 0.15) is 31.1 Å². The molecule has 1 aromatic rings. The van der Waals surface area contributed by atoms with Gasteiger partial charge >= 0.3 is 12.1 Å². The third-order valence-corrected chi connectivity index (χ3v) is 2.97. The molecule has 0 spiro atoms. The predicted octanol–water partition coefficient (Wildman–Crippen LogP) is 2.64. The molecule has 2 rings (SSSR count). The van der Waals surface area contributed by atoms with Crippen LogP contribution in [0.15, 0.2) is 18.2 Å². The SMILES string of the molecule is COC(=O)c1ccc2c(c1)N(C(=O)OC(C)(C)C)CCN2. The molecule has 1 aliphatic heterocycles. The van der Waals surface area contributed by atoms with Crippen LogP contribution in [0.5, 0.6) is 0 Å². The fraction of sp³-hybridized carbons (Fsp3) is 0.467. The molecule has 6 nitrogen and oxygen atoms in total. The minimum Gasteiger partial charge on any atom is -0.465 e. The summed E-state index contributed by atoms with van der Waals surface area (Å²) < 4.78 is 10.1. The van der Waals surface area contributed by atoms with Gasteiger partial charge in [-0.25, -0.2) is 9.59 Å². The zero-order chi connectivity index (χ0) is 15.6. The lowest BCUT2D eigenvalue weighted by atomic mass is 10.1. The van der Waals surface area contributed by atoms with E-state index in [1.807, 2.05) is 20.8 Å². The maximum atomic E-state index is 12.3. The third kappa shape index (κ3) is 3.45. The molecule has 1 N–H and O–H groups in total. The molecule has 1 aromatic carbocycles. The van der Waals surface area contributed by atoms with Gasteiger partial charge in [-0.3, -0.25) is 4.90 Å². The van der Waals surface area contributed by atoms with Gasteiger partial charge in [0.15, 0.2) is 0 Å². The van der Waals surface area contributed by atoms with Crippen LogP contribution < -0.4 is 10.2 Å². The largest absolute Gasteiger partial charge is 0.465 e. The first-order chi connectivity index (χ1) is 9.81. The molecule has 0 bridgehead atoms. The number of hydrogen-bond donors (Lipinski definition) is 1. The molecular weight excluding hydrogens is 272 g/mol. The van der Waals surface area contributed by atoms with Crippen molar-refractivity contribution < 1.29 is 19.1 Å². The second-order valence-corrected chi connectivity index (χ2v) is 5.78. The molecule has 6 heteroatoms. The molecule has 0 aromatic heterocycles. The number of nitrogens with zero attached hydrogens (tertiary/aromatic N) is 1. The maximum absolute atomic E-state index is 12.3. The van der Waals surface area contributed by atoms with Gasteiger partial charge in [-0.1, -0.05) is 0 Å². The van der Waals surface area contributed by atoms with Gasteiger partial charge in [-0.05, 0) is 39.0 Å². The second kappa shape index (κ2) is 5.63. The highest BCUT2D eigenvalue weighted by molar-refractivity contribution is 5.98. The number of carbonyl (C=O) groups is 2. The Balaban J connectivity index is 2.33. The summed E-state index contributed by atoms with van der Waals surface area (Å²) in [6.07, 6.45) is -0.424. The van der Waals surface area contributed by atoms with E-state index in [4.69, 9.17) is 9.47 Å². The quantitative estimate of drug-likeness (QED) is 0.806. The summed E-state index contributed by atoms with van der Waals surface area (Å²) in [6.45, 7) is 6.56. The van der Waals surface area contributed by atoms with Crippen molar-refractivity contribution in [1.82, 2.24) is 0 Å². The number of methoxy groups -OCH3 is 1. The second-order valence-electron chi connectivity index (χ2n) is 5.78. The van der Waals surface area contributed by atoms with Crippen LogP contribution in [-0.4, -0.2) is 37.9 Å². The molecule has 114 valence electrons. The minimum atomic E-state index is -0.567. The Hall–Kier alpha value is -2.24. The lowest BCUT2D eigenvalue weighted by Gasteiger charge is -2.32. The number of anilines is 2. The van der Waals surface area contributed by atoms with E-state index in [1.54, 1.807) is 18.2 Å². The van der Waals surface area contributed by atoms with E-state index in [9.17, 15) is 9.59 Å². The van der Waals surface area contributed by atoms with Crippen molar-refractivity contribution >= 4 is 23.4 Å². The first-order valence-electron chi connectivity index (χ1n) is 6.78. The van der Waals surface area contributed by atoms with Crippen molar-refractivity contribution in [1.29, 1.82) is 0 Å². The Morgan fingerprint density at radius 3 is 2.62 bits per heavy atom. The van der Waals surface area contributed by atoms with Gasteiger partial charge in [0.25, 0.3) is 0 Å². The summed E-state index contributed by atoms with van der Waals surface area (Å²) in [5.74, 6) is -0.437. The highest BCUT2D eigenvalue weighted by atomic mass is 16.6. The fourth-order valence-corrected chi connectivity index (χ4v) is 2.08. The fourth-order valence-electron chi connectivity index (χ4n) is 2.08. The van der Waals surface area contributed by atoms with Gasteiger partial charge in [0.2, 0.25) is 0 Å². The van der Waals surface area contributed by atoms with Crippen LogP contribution in [0.3, 0.4) is 0 Å². The summed E-state index contributed by atoms with van der Waals surface area (Å²) in [5.41, 5.74) is 1.24. The molecule has 21 heavy (non-hydrogen) atoms. The van der Waals surface area contributed by atoms with E-state index in [0.717, 1.165) is 5.69 Å². The summed E-state index contributed by atoms with van der Waals surface area (Å²) >= 11 is 0. The van der Waals surface area contributed by atoms with E-state index in [1.165, 1.54) is 12.0 Å².